The van der Waals surface area contributed by atoms with Crippen LogP contribution in [0.4, 0.5) is 0 Å². The summed E-state index contributed by atoms with van der Waals surface area (Å²) in [5.41, 5.74) is -0.868. The Hall–Kier alpha value is -1.89. The molecule has 0 heterocycles. The van der Waals surface area contributed by atoms with E-state index in [0.29, 0.717) is 0 Å². The molecule has 0 amide bonds. The van der Waals surface area contributed by atoms with E-state index < -0.39 is 12.7 Å². The summed E-state index contributed by atoms with van der Waals surface area (Å²) in [5, 5.41) is 13.3. The minimum absolute atomic E-state index is 0.0907. The first-order valence-corrected chi connectivity index (χ1v) is 14.0. The first kappa shape index (κ1) is 21.3. The molecular weight excluding hydrogens is 454 g/mol. The number of hydrogen-bond donors (Lipinski definition) is 1. The van der Waals surface area contributed by atoms with Gasteiger partial charge >= 0.3 is 186 Å². The molecule has 0 aliphatic heterocycles. The zero-order valence-electron chi connectivity index (χ0n) is 17.0. The first-order valence-electron chi connectivity index (χ1n) is 10.5. The standard InChI is InChI=1S/C26H27O2PSe/c27-26(19-11-4-12-20-26)25(30-24-17-9-3-10-18-24)21-29(28,22-13-5-1-6-14-22)23-15-7-2-8-16-23/h1-3,5-10,13-18,21,27H,4,11-12,19-20H2/b25-21+. The van der Waals surface area contributed by atoms with Gasteiger partial charge in [0.2, 0.25) is 0 Å². The van der Waals surface area contributed by atoms with Gasteiger partial charge in [-0.3, -0.25) is 0 Å². The van der Waals surface area contributed by atoms with Gasteiger partial charge in [0.05, 0.1) is 0 Å². The van der Waals surface area contributed by atoms with Crippen LogP contribution in [0.25, 0.3) is 0 Å². The van der Waals surface area contributed by atoms with Crippen LogP contribution >= 0.6 is 7.14 Å². The van der Waals surface area contributed by atoms with Gasteiger partial charge in [-0.25, -0.2) is 0 Å². The maximum absolute atomic E-state index is 14.6. The average molecular weight is 481 g/mol. The van der Waals surface area contributed by atoms with Gasteiger partial charge in [-0.05, 0) is 0 Å². The van der Waals surface area contributed by atoms with Crippen molar-refractivity contribution in [2.75, 3.05) is 0 Å². The van der Waals surface area contributed by atoms with E-state index >= 15 is 0 Å². The Balaban J connectivity index is 1.87. The van der Waals surface area contributed by atoms with Crippen LogP contribution in [0.2, 0.25) is 0 Å². The molecule has 1 saturated carbocycles. The van der Waals surface area contributed by atoms with E-state index in [2.05, 4.69) is 12.1 Å². The van der Waals surface area contributed by atoms with Gasteiger partial charge in [0.15, 0.2) is 0 Å². The second-order valence-corrected chi connectivity index (χ2v) is 12.8. The van der Waals surface area contributed by atoms with Gasteiger partial charge in [0.25, 0.3) is 0 Å². The second kappa shape index (κ2) is 9.50. The fourth-order valence-electron chi connectivity index (χ4n) is 4.00. The predicted molar refractivity (Wildman–Crippen MR) is 128 cm³/mol. The summed E-state index contributed by atoms with van der Waals surface area (Å²) in [7, 11) is -3.03. The van der Waals surface area contributed by atoms with Crippen LogP contribution in [0.15, 0.2) is 101 Å². The average Bonchev–Trinajstić information content (AvgIpc) is 2.81. The van der Waals surface area contributed by atoms with Crippen molar-refractivity contribution in [2.24, 2.45) is 0 Å². The van der Waals surface area contributed by atoms with E-state index in [1.807, 2.05) is 84.7 Å². The quantitative estimate of drug-likeness (QED) is 0.414. The van der Waals surface area contributed by atoms with Crippen molar-refractivity contribution in [3.05, 3.63) is 101 Å². The molecule has 0 saturated heterocycles. The summed E-state index contributed by atoms with van der Waals surface area (Å²) >= 11 is -0.0907. The Morgan fingerprint density at radius 2 is 1.23 bits per heavy atom. The molecule has 30 heavy (non-hydrogen) atoms. The molecule has 4 heteroatoms. The van der Waals surface area contributed by atoms with Crippen molar-refractivity contribution in [1.29, 1.82) is 0 Å². The fourth-order valence-corrected chi connectivity index (χ4v) is 9.69. The van der Waals surface area contributed by atoms with Crippen LogP contribution in [0.5, 0.6) is 0 Å². The molecule has 0 bridgehead atoms. The van der Waals surface area contributed by atoms with Crippen LogP contribution in [-0.4, -0.2) is 25.7 Å². The molecule has 1 N–H and O–H groups in total. The number of rotatable bonds is 6. The van der Waals surface area contributed by atoms with Crippen molar-refractivity contribution < 1.29 is 9.67 Å². The van der Waals surface area contributed by atoms with Gasteiger partial charge in [-0.15, -0.1) is 0 Å². The van der Waals surface area contributed by atoms with Crippen LogP contribution < -0.4 is 15.1 Å². The molecule has 1 aliphatic carbocycles. The molecule has 0 unspecified atom stereocenters. The van der Waals surface area contributed by atoms with Gasteiger partial charge in [0.1, 0.15) is 0 Å². The number of hydrogen-bond acceptors (Lipinski definition) is 2. The number of benzene rings is 3. The summed E-state index contributed by atoms with van der Waals surface area (Å²) in [4.78, 5) is 0. The van der Waals surface area contributed by atoms with E-state index in [0.717, 1.165) is 47.2 Å². The third-order valence-corrected chi connectivity index (χ3v) is 11.4. The van der Waals surface area contributed by atoms with Crippen LogP contribution in [0.3, 0.4) is 0 Å². The first-order chi connectivity index (χ1) is 14.6. The maximum atomic E-state index is 14.6. The Morgan fingerprint density at radius 1 is 0.767 bits per heavy atom. The molecule has 0 spiro atoms. The van der Waals surface area contributed by atoms with Gasteiger partial charge in [-0.2, -0.15) is 0 Å². The zero-order valence-corrected chi connectivity index (χ0v) is 19.6. The Bertz CT molecular complexity index is 983. The summed E-state index contributed by atoms with van der Waals surface area (Å²) in [5.74, 6) is 1.95. The van der Waals surface area contributed by atoms with Gasteiger partial charge in [-0.1, -0.05) is 0 Å². The molecule has 2 nitrogen and oxygen atoms in total. The molecule has 3 aromatic carbocycles. The monoisotopic (exact) mass is 482 g/mol. The second-order valence-electron chi connectivity index (χ2n) is 7.83. The molecule has 154 valence electrons. The molecule has 4 rings (SSSR count). The van der Waals surface area contributed by atoms with Crippen LogP contribution in [0, 0.1) is 0 Å². The van der Waals surface area contributed by atoms with E-state index in [-0.39, 0.29) is 15.0 Å². The Kier molecular flexibility index (Phi) is 6.76. The van der Waals surface area contributed by atoms with Gasteiger partial charge < -0.3 is 0 Å². The SMILES string of the molecule is O=P(/C=C(/[Se]c1ccccc1)C1(O)CCCCC1)(c1ccccc1)c1ccccc1. The normalized spacial score (nSPS) is 16.9. The van der Waals surface area contributed by atoms with Crippen LogP contribution in [0.1, 0.15) is 32.1 Å². The minimum atomic E-state index is -3.03. The molecule has 0 radical (unpaired) electrons. The van der Waals surface area contributed by atoms with Crippen molar-refractivity contribution >= 4 is 37.2 Å². The van der Waals surface area contributed by atoms with E-state index in [9.17, 15) is 9.67 Å². The summed E-state index contributed by atoms with van der Waals surface area (Å²) < 4.78 is 16.8. The fraction of sp³-hybridized carbons (Fsp3) is 0.231. The topological polar surface area (TPSA) is 37.3 Å². The van der Waals surface area contributed by atoms with E-state index in [1.54, 1.807) is 0 Å². The molecule has 3 aromatic rings. The Labute approximate surface area is 185 Å². The summed E-state index contributed by atoms with van der Waals surface area (Å²) in [6, 6.07) is 29.7. The van der Waals surface area contributed by atoms with Crippen molar-refractivity contribution in [3.63, 3.8) is 0 Å². The van der Waals surface area contributed by atoms with Crippen molar-refractivity contribution in [3.8, 4) is 0 Å². The van der Waals surface area contributed by atoms with Crippen molar-refractivity contribution in [2.45, 2.75) is 37.7 Å². The summed E-state index contributed by atoms with van der Waals surface area (Å²) in [6.45, 7) is 0. The Morgan fingerprint density at radius 3 is 1.73 bits per heavy atom. The summed E-state index contributed by atoms with van der Waals surface area (Å²) in [6.07, 6.45) is 4.68. The molecule has 1 aliphatic rings. The molecule has 0 atom stereocenters. The molecular formula is C26H27O2PSe. The number of aliphatic hydroxyl groups is 1. The third kappa shape index (κ3) is 4.71. The zero-order chi connectivity index (χ0) is 20.9. The third-order valence-electron chi connectivity index (χ3n) is 5.69. The molecule has 1 fully saturated rings. The van der Waals surface area contributed by atoms with Crippen LogP contribution in [-0.2, 0) is 4.57 Å². The predicted octanol–water partition coefficient (Wildman–Crippen LogP) is 4.57. The van der Waals surface area contributed by atoms with Gasteiger partial charge in [0, 0.05) is 0 Å². The van der Waals surface area contributed by atoms with E-state index in [4.69, 9.17) is 0 Å². The van der Waals surface area contributed by atoms with E-state index in [1.165, 1.54) is 4.46 Å². The van der Waals surface area contributed by atoms with Crippen molar-refractivity contribution in [1.82, 2.24) is 0 Å². The molecule has 0 aromatic heterocycles.